The smallest absolute Gasteiger partial charge is 0.324 e. The van der Waals surface area contributed by atoms with Crippen molar-refractivity contribution in [2.24, 2.45) is 0 Å². The van der Waals surface area contributed by atoms with Crippen molar-refractivity contribution in [1.82, 2.24) is 9.97 Å². The Morgan fingerprint density at radius 2 is 2.25 bits per heavy atom. The van der Waals surface area contributed by atoms with Gasteiger partial charge in [-0.1, -0.05) is 22.9 Å². The predicted molar refractivity (Wildman–Crippen MR) is 72.5 cm³/mol. The largest absolute Gasteiger partial charge is 0.481 e. The average Bonchev–Trinajstić information content (AvgIpc) is 2.87. The van der Waals surface area contributed by atoms with Gasteiger partial charge in [0.15, 0.2) is 0 Å². The van der Waals surface area contributed by atoms with E-state index in [-0.39, 0.29) is 26.9 Å². The number of ether oxygens (including phenoxy) is 1. The Bertz CT molecular complexity index is 675. The first-order chi connectivity index (χ1) is 9.49. The summed E-state index contributed by atoms with van der Waals surface area (Å²) in [6, 6.07) is 3.98. The summed E-state index contributed by atoms with van der Waals surface area (Å²) < 4.78 is 4.88. The monoisotopic (exact) mass is 314 g/mol. The maximum absolute atomic E-state index is 11.9. The fourth-order valence-corrected chi connectivity index (χ4v) is 2.16. The van der Waals surface area contributed by atoms with E-state index in [1.807, 2.05) is 0 Å². The lowest BCUT2D eigenvalue weighted by Gasteiger charge is -2.04. The van der Waals surface area contributed by atoms with Crippen LogP contribution in [0.25, 0.3) is 0 Å². The summed E-state index contributed by atoms with van der Waals surface area (Å²) in [6.07, 6.45) is 0. The number of nitro groups is 1. The topological polar surface area (TPSA) is 107 Å². The molecule has 0 fully saturated rings. The lowest BCUT2D eigenvalue weighted by Crippen LogP contribution is -2.13. The van der Waals surface area contributed by atoms with Crippen molar-refractivity contribution in [3.8, 4) is 5.88 Å². The third-order valence-corrected chi connectivity index (χ3v) is 3.33. The van der Waals surface area contributed by atoms with E-state index in [0.717, 1.165) is 11.3 Å². The van der Waals surface area contributed by atoms with Crippen LogP contribution in [0, 0.1) is 10.1 Å². The molecule has 0 radical (unpaired) electrons. The van der Waals surface area contributed by atoms with Gasteiger partial charge in [-0.25, -0.2) is 4.98 Å². The molecule has 2 rings (SSSR count). The number of amides is 1. The van der Waals surface area contributed by atoms with Crippen LogP contribution >= 0.6 is 22.9 Å². The molecule has 0 spiro atoms. The van der Waals surface area contributed by atoms with Gasteiger partial charge in [-0.2, -0.15) is 4.98 Å². The highest BCUT2D eigenvalue weighted by atomic mass is 35.5. The molecule has 1 N–H and O–H groups in total. The third kappa shape index (κ3) is 3.19. The Morgan fingerprint density at radius 1 is 1.50 bits per heavy atom. The lowest BCUT2D eigenvalue weighted by atomic mass is 10.4. The maximum atomic E-state index is 11.9. The minimum Gasteiger partial charge on any atom is -0.481 e. The zero-order valence-electron chi connectivity index (χ0n) is 9.99. The fourth-order valence-electron chi connectivity index (χ4n) is 1.27. The first-order valence-corrected chi connectivity index (χ1v) is 6.33. The second-order valence-electron chi connectivity index (χ2n) is 3.41. The highest BCUT2D eigenvalue weighted by Crippen LogP contribution is 2.24. The van der Waals surface area contributed by atoms with E-state index in [9.17, 15) is 14.9 Å². The highest BCUT2D eigenvalue weighted by Gasteiger charge is 2.16. The summed E-state index contributed by atoms with van der Waals surface area (Å²) in [4.78, 5) is 29.7. The second-order valence-corrected chi connectivity index (χ2v) is 4.86. The third-order valence-electron chi connectivity index (χ3n) is 2.10. The van der Waals surface area contributed by atoms with Crippen LogP contribution < -0.4 is 10.1 Å². The van der Waals surface area contributed by atoms with Crippen molar-refractivity contribution in [3.63, 3.8) is 0 Å². The van der Waals surface area contributed by atoms with Crippen LogP contribution in [0.5, 0.6) is 5.88 Å². The van der Waals surface area contributed by atoms with Crippen molar-refractivity contribution in [2.75, 3.05) is 12.4 Å². The number of anilines is 1. The van der Waals surface area contributed by atoms with E-state index in [2.05, 4.69) is 15.3 Å². The summed E-state index contributed by atoms with van der Waals surface area (Å²) in [5.41, 5.74) is 0. The molecule has 0 aliphatic rings. The molecule has 0 saturated heterocycles. The van der Waals surface area contributed by atoms with Crippen LogP contribution in [0.15, 0.2) is 18.2 Å². The Labute approximate surface area is 121 Å². The number of hydrogen-bond acceptors (Lipinski definition) is 7. The fraction of sp³-hybridized carbons (Fsp3) is 0.100. The van der Waals surface area contributed by atoms with E-state index in [4.69, 9.17) is 16.3 Å². The van der Waals surface area contributed by atoms with E-state index < -0.39 is 10.8 Å². The van der Waals surface area contributed by atoms with Gasteiger partial charge < -0.3 is 4.74 Å². The highest BCUT2D eigenvalue weighted by molar-refractivity contribution is 7.17. The number of carbonyl (C=O) groups excluding carboxylic acids is 1. The van der Waals surface area contributed by atoms with Gasteiger partial charge in [0, 0.05) is 12.1 Å². The summed E-state index contributed by atoms with van der Waals surface area (Å²) in [7, 11) is 1.40. The first kappa shape index (κ1) is 14.2. The number of hydrogen-bond donors (Lipinski definition) is 1. The summed E-state index contributed by atoms with van der Waals surface area (Å²) >= 11 is 6.49. The molecule has 0 bridgehead atoms. The molecule has 0 saturated carbocycles. The van der Waals surface area contributed by atoms with Crippen LogP contribution in [-0.2, 0) is 0 Å². The molecular weight excluding hydrogens is 308 g/mol. The number of carbonyl (C=O) groups is 1. The second kappa shape index (κ2) is 5.80. The number of methoxy groups -OCH3 is 1. The van der Waals surface area contributed by atoms with E-state index in [0.29, 0.717) is 0 Å². The number of halogens is 1. The molecular formula is C10H7ClN4O4S. The Balaban J connectivity index is 2.18. The van der Waals surface area contributed by atoms with Crippen molar-refractivity contribution in [1.29, 1.82) is 0 Å². The normalized spacial score (nSPS) is 10.1. The van der Waals surface area contributed by atoms with Gasteiger partial charge in [-0.05, 0) is 6.07 Å². The maximum Gasteiger partial charge on any atom is 0.324 e. The Hall–Kier alpha value is -2.26. The number of aromatic nitrogens is 2. The molecule has 0 aliphatic carbocycles. The van der Waals surface area contributed by atoms with E-state index >= 15 is 0 Å². The van der Waals surface area contributed by atoms with Gasteiger partial charge in [0.25, 0.3) is 5.91 Å². The molecule has 104 valence electrons. The number of rotatable bonds is 4. The first-order valence-electron chi connectivity index (χ1n) is 5.13. The molecule has 1 amide bonds. The molecule has 0 aliphatic heterocycles. The molecule has 8 nitrogen and oxygen atoms in total. The van der Waals surface area contributed by atoms with Crippen molar-refractivity contribution in [3.05, 3.63) is 38.3 Å². The average molecular weight is 315 g/mol. The summed E-state index contributed by atoms with van der Waals surface area (Å²) in [5, 5.41) is 12.9. The molecule has 20 heavy (non-hydrogen) atoms. The van der Waals surface area contributed by atoms with Crippen LogP contribution in [-0.4, -0.2) is 27.9 Å². The lowest BCUT2D eigenvalue weighted by molar-refractivity contribution is -0.380. The standard InChI is InChI=1S/C10H7ClN4O4S/c1-19-7-4-6(11)12-10(13-7)14-9(16)5-2-3-8(20-5)15(17)18/h2-4H,1H3,(H,12,13,14,16). The van der Waals surface area contributed by atoms with E-state index in [1.54, 1.807) is 0 Å². The molecule has 0 unspecified atom stereocenters. The minimum absolute atomic E-state index is 0.0459. The van der Waals surface area contributed by atoms with Crippen LogP contribution in [0.2, 0.25) is 5.15 Å². The SMILES string of the molecule is COc1cc(Cl)nc(NC(=O)c2ccc([N+](=O)[O-])s2)n1. The van der Waals surface area contributed by atoms with Gasteiger partial charge in [-0.15, -0.1) is 0 Å². The van der Waals surface area contributed by atoms with Crippen molar-refractivity contribution in [2.45, 2.75) is 0 Å². The van der Waals surface area contributed by atoms with Crippen LogP contribution in [0.1, 0.15) is 9.67 Å². The van der Waals surface area contributed by atoms with E-state index in [1.165, 1.54) is 25.3 Å². The molecule has 0 atom stereocenters. The van der Waals surface area contributed by atoms with Gasteiger partial charge >= 0.3 is 5.00 Å². The minimum atomic E-state index is -0.569. The number of nitrogens with one attached hydrogen (secondary N) is 1. The number of thiophene rings is 1. The van der Waals surface area contributed by atoms with Crippen molar-refractivity contribution >= 4 is 39.8 Å². The van der Waals surface area contributed by atoms with Gasteiger partial charge in [-0.3, -0.25) is 20.2 Å². The Morgan fingerprint density at radius 3 is 2.85 bits per heavy atom. The predicted octanol–water partition coefficient (Wildman–Crippen LogP) is 2.36. The summed E-state index contributed by atoms with van der Waals surface area (Å²) in [6.45, 7) is 0. The van der Waals surface area contributed by atoms with Crippen LogP contribution in [0.3, 0.4) is 0 Å². The van der Waals surface area contributed by atoms with Gasteiger partial charge in [0.1, 0.15) is 5.15 Å². The number of nitrogens with zero attached hydrogens (tertiary/aromatic N) is 3. The molecule has 0 aromatic carbocycles. The zero-order chi connectivity index (χ0) is 14.7. The van der Waals surface area contributed by atoms with Crippen molar-refractivity contribution < 1.29 is 14.5 Å². The molecule has 2 aromatic heterocycles. The van der Waals surface area contributed by atoms with Gasteiger partial charge in [0.05, 0.1) is 16.9 Å². The Kier molecular flexibility index (Phi) is 4.11. The quantitative estimate of drug-likeness (QED) is 0.527. The molecule has 2 heterocycles. The van der Waals surface area contributed by atoms with Crippen LogP contribution in [0.4, 0.5) is 10.9 Å². The summed E-state index contributed by atoms with van der Waals surface area (Å²) in [5.74, 6) is -0.416. The van der Waals surface area contributed by atoms with Gasteiger partial charge in [0.2, 0.25) is 11.8 Å². The molecule has 10 heteroatoms. The molecule has 2 aromatic rings. The zero-order valence-corrected chi connectivity index (χ0v) is 11.6.